The molecule has 1 aromatic heterocycles. The Hall–Kier alpha value is -3.25. The highest BCUT2D eigenvalue weighted by Gasteiger charge is 2.26. The predicted octanol–water partition coefficient (Wildman–Crippen LogP) is 4.61. The number of amides is 1. The Morgan fingerprint density at radius 2 is 1.97 bits per heavy atom. The Morgan fingerprint density at radius 1 is 1.17 bits per heavy atom. The van der Waals surface area contributed by atoms with E-state index in [4.69, 9.17) is 25.6 Å². The van der Waals surface area contributed by atoms with E-state index in [1.54, 1.807) is 31.3 Å². The van der Waals surface area contributed by atoms with Gasteiger partial charge in [0.1, 0.15) is 11.5 Å². The molecule has 0 atom stereocenters. The van der Waals surface area contributed by atoms with Gasteiger partial charge in [0.05, 0.1) is 26.5 Å². The highest BCUT2D eigenvalue weighted by molar-refractivity contribution is 6.30. The van der Waals surface area contributed by atoms with Gasteiger partial charge in [0.2, 0.25) is 5.91 Å². The number of rotatable bonds is 5. The lowest BCUT2D eigenvalue weighted by Gasteiger charge is -2.25. The third kappa shape index (κ3) is 4.04. The van der Waals surface area contributed by atoms with Crippen molar-refractivity contribution in [1.82, 2.24) is 10.1 Å². The van der Waals surface area contributed by atoms with Gasteiger partial charge in [0.15, 0.2) is 5.76 Å². The number of hydrogen-bond acceptors (Lipinski definition) is 5. The zero-order valence-electron chi connectivity index (χ0n) is 16.7. The number of carbonyl (C=O) groups excluding carboxylic acids is 1. The number of benzene rings is 2. The van der Waals surface area contributed by atoms with Crippen LogP contribution in [0.4, 0.5) is 0 Å². The highest BCUT2D eigenvalue weighted by atomic mass is 35.5. The number of methoxy groups -OCH3 is 2. The van der Waals surface area contributed by atoms with Crippen LogP contribution in [0, 0.1) is 0 Å². The van der Waals surface area contributed by atoms with Gasteiger partial charge in [-0.15, -0.1) is 0 Å². The smallest absolute Gasteiger partial charge is 0.246 e. The average molecular weight is 425 g/mol. The van der Waals surface area contributed by atoms with E-state index in [0.29, 0.717) is 41.8 Å². The molecular weight excluding hydrogens is 404 g/mol. The van der Waals surface area contributed by atoms with Gasteiger partial charge >= 0.3 is 0 Å². The van der Waals surface area contributed by atoms with Crippen molar-refractivity contribution in [2.24, 2.45) is 0 Å². The largest absolute Gasteiger partial charge is 0.497 e. The molecule has 0 saturated carbocycles. The molecule has 0 bridgehead atoms. The Labute approximate surface area is 179 Å². The first-order chi connectivity index (χ1) is 14.6. The van der Waals surface area contributed by atoms with Crippen molar-refractivity contribution in [1.29, 1.82) is 0 Å². The Morgan fingerprint density at radius 3 is 2.70 bits per heavy atom. The molecule has 1 aliphatic heterocycles. The highest BCUT2D eigenvalue weighted by Crippen LogP contribution is 2.31. The van der Waals surface area contributed by atoms with Crippen LogP contribution in [-0.4, -0.2) is 36.7 Å². The molecule has 30 heavy (non-hydrogen) atoms. The lowest BCUT2D eigenvalue weighted by Crippen LogP contribution is -2.34. The Kier molecular flexibility index (Phi) is 5.77. The van der Waals surface area contributed by atoms with E-state index >= 15 is 0 Å². The molecular formula is C23H21ClN2O4. The second-order valence-electron chi connectivity index (χ2n) is 6.89. The van der Waals surface area contributed by atoms with Gasteiger partial charge in [0, 0.05) is 40.8 Å². The molecule has 0 spiro atoms. The summed E-state index contributed by atoms with van der Waals surface area (Å²) in [6.07, 6.45) is 3.94. The molecule has 7 heteroatoms. The number of ether oxygens (including phenoxy) is 2. The fourth-order valence-corrected chi connectivity index (χ4v) is 3.59. The van der Waals surface area contributed by atoms with Crippen LogP contribution in [0.5, 0.6) is 11.5 Å². The normalized spacial score (nSPS) is 13.4. The number of halogens is 1. The van der Waals surface area contributed by atoms with Gasteiger partial charge in [-0.05, 0) is 48.5 Å². The van der Waals surface area contributed by atoms with E-state index in [1.807, 2.05) is 42.5 Å². The molecule has 4 rings (SSSR count). The zero-order chi connectivity index (χ0) is 21.1. The number of nitrogens with zero attached hydrogens (tertiary/aromatic N) is 2. The molecule has 2 aromatic carbocycles. The van der Waals surface area contributed by atoms with E-state index in [2.05, 4.69) is 5.16 Å². The van der Waals surface area contributed by atoms with Crippen molar-refractivity contribution in [3.05, 3.63) is 70.4 Å². The summed E-state index contributed by atoms with van der Waals surface area (Å²) < 4.78 is 16.2. The van der Waals surface area contributed by atoms with E-state index < -0.39 is 0 Å². The third-order valence-corrected chi connectivity index (χ3v) is 5.35. The van der Waals surface area contributed by atoms with Crippen LogP contribution in [0.15, 0.2) is 53.1 Å². The van der Waals surface area contributed by atoms with Crippen molar-refractivity contribution in [2.45, 2.75) is 13.0 Å². The van der Waals surface area contributed by atoms with Crippen LogP contribution in [0.2, 0.25) is 5.02 Å². The number of fused-ring (bicyclic) bond motifs is 1. The maximum absolute atomic E-state index is 12.8. The van der Waals surface area contributed by atoms with Crippen molar-refractivity contribution in [3.8, 4) is 22.8 Å². The topological polar surface area (TPSA) is 64.8 Å². The van der Waals surface area contributed by atoms with Gasteiger partial charge in [-0.2, -0.15) is 0 Å². The van der Waals surface area contributed by atoms with Gasteiger partial charge < -0.3 is 18.9 Å². The third-order valence-electron chi connectivity index (χ3n) is 5.10. The van der Waals surface area contributed by atoms with Crippen molar-refractivity contribution in [3.63, 3.8) is 0 Å². The molecule has 1 aliphatic rings. The van der Waals surface area contributed by atoms with Crippen molar-refractivity contribution in [2.75, 3.05) is 20.8 Å². The van der Waals surface area contributed by atoms with Crippen LogP contribution in [-0.2, 0) is 17.8 Å². The van der Waals surface area contributed by atoms with E-state index in [0.717, 1.165) is 22.4 Å². The molecule has 0 N–H and O–H groups in total. The second-order valence-corrected chi connectivity index (χ2v) is 7.33. The minimum Gasteiger partial charge on any atom is -0.497 e. The molecule has 1 amide bonds. The average Bonchev–Trinajstić information content (AvgIpc) is 3.21. The standard InChI is InChI=1S/C23H21ClN2O4/c1-28-18-8-9-21(29-2)16(13-18)5-10-22(27)26-12-11-20-19(14-26)23(30-25-20)15-3-6-17(24)7-4-15/h3-10,13H,11-12,14H2,1-2H3/b10-5+. The molecule has 0 radical (unpaired) electrons. The van der Waals surface area contributed by atoms with E-state index in [1.165, 1.54) is 0 Å². The van der Waals surface area contributed by atoms with Gasteiger partial charge in [-0.1, -0.05) is 16.8 Å². The monoisotopic (exact) mass is 424 g/mol. The zero-order valence-corrected chi connectivity index (χ0v) is 17.5. The summed E-state index contributed by atoms with van der Waals surface area (Å²) in [5.74, 6) is 1.96. The van der Waals surface area contributed by atoms with Crippen LogP contribution in [0.3, 0.4) is 0 Å². The molecule has 0 saturated heterocycles. The van der Waals surface area contributed by atoms with E-state index in [-0.39, 0.29) is 5.91 Å². The molecule has 3 aromatic rings. The molecule has 0 fully saturated rings. The maximum Gasteiger partial charge on any atom is 0.246 e. The van der Waals surface area contributed by atoms with Crippen molar-refractivity contribution >= 4 is 23.6 Å². The Bertz CT molecular complexity index is 1090. The van der Waals surface area contributed by atoms with Crippen LogP contribution >= 0.6 is 11.6 Å². The second kappa shape index (κ2) is 8.63. The van der Waals surface area contributed by atoms with Gasteiger partial charge in [-0.25, -0.2) is 0 Å². The predicted molar refractivity (Wildman–Crippen MR) is 115 cm³/mol. The first kappa shape index (κ1) is 20.0. The number of aromatic nitrogens is 1. The van der Waals surface area contributed by atoms with Gasteiger partial charge in [0.25, 0.3) is 0 Å². The number of carbonyl (C=O) groups is 1. The number of hydrogen-bond donors (Lipinski definition) is 0. The summed E-state index contributed by atoms with van der Waals surface area (Å²) >= 11 is 5.98. The quantitative estimate of drug-likeness (QED) is 0.559. The molecule has 154 valence electrons. The van der Waals surface area contributed by atoms with Crippen LogP contribution in [0.1, 0.15) is 16.8 Å². The van der Waals surface area contributed by atoms with Crippen molar-refractivity contribution < 1.29 is 18.8 Å². The SMILES string of the molecule is COc1ccc(OC)c(/C=C/C(=O)N2CCc3noc(-c4ccc(Cl)cc4)c3C2)c1. The first-order valence-electron chi connectivity index (χ1n) is 9.51. The molecule has 0 aliphatic carbocycles. The minimum atomic E-state index is -0.0891. The van der Waals surface area contributed by atoms with Crippen LogP contribution < -0.4 is 9.47 Å². The van der Waals surface area contributed by atoms with Gasteiger partial charge in [-0.3, -0.25) is 4.79 Å². The van der Waals surface area contributed by atoms with E-state index in [9.17, 15) is 4.79 Å². The Balaban J connectivity index is 1.54. The fourth-order valence-electron chi connectivity index (χ4n) is 3.46. The summed E-state index contributed by atoms with van der Waals surface area (Å²) in [5, 5.41) is 4.84. The molecule has 2 heterocycles. The maximum atomic E-state index is 12.8. The first-order valence-corrected chi connectivity index (χ1v) is 9.89. The molecule has 0 unspecified atom stereocenters. The fraction of sp³-hybridized carbons (Fsp3) is 0.217. The summed E-state index contributed by atoms with van der Waals surface area (Å²) in [5.41, 5.74) is 3.49. The summed E-state index contributed by atoms with van der Waals surface area (Å²) in [7, 11) is 3.19. The summed E-state index contributed by atoms with van der Waals surface area (Å²) in [6.45, 7) is 1.02. The lowest BCUT2D eigenvalue weighted by atomic mass is 10.0. The minimum absolute atomic E-state index is 0.0891. The summed E-state index contributed by atoms with van der Waals surface area (Å²) in [4.78, 5) is 14.6. The lowest BCUT2D eigenvalue weighted by molar-refractivity contribution is -0.126. The summed E-state index contributed by atoms with van der Waals surface area (Å²) in [6, 6.07) is 12.8. The van der Waals surface area contributed by atoms with Crippen LogP contribution in [0.25, 0.3) is 17.4 Å². The molecule has 6 nitrogen and oxygen atoms in total.